The molecule has 0 atom stereocenters. The summed E-state index contributed by atoms with van der Waals surface area (Å²) >= 11 is 0. The highest BCUT2D eigenvalue weighted by Gasteiger charge is 2.37. The molecule has 2 heterocycles. The Morgan fingerprint density at radius 2 is 1.83 bits per heavy atom. The second-order valence-corrected chi connectivity index (χ2v) is 10.7. The predicted molar refractivity (Wildman–Crippen MR) is 137 cm³/mol. The van der Waals surface area contributed by atoms with Crippen LogP contribution in [0, 0.1) is 6.42 Å². The number of nitrogens with zero attached hydrogens (tertiary/aromatic N) is 5. The maximum Gasteiger partial charge on any atom is 0.528 e. The summed E-state index contributed by atoms with van der Waals surface area (Å²) in [5.41, 5.74) is 0.810. The number of primary sulfonamides is 1. The van der Waals surface area contributed by atoms with Gasteiger partial charge in [0.2, 0.25) is 21.9 Å². The van der Waals surface area contributed by atoms with Crippen LogP contribution in [0.15, 0.2) is 53.1 Å². The third-order valence-electron chi connectivity index (χ3n) is 5.97. The van der Waals surface area contributed by atoms with Gasteiger partial charge in [-0.25, -0.2) is 13.6 Å². The fourth-order valence-electron chi connectivity index (χ4n) is 3.76. The largest absolute Gasteiger partial charge is 0.528 e. The van der Waals surface area contributed by atoms with E-state index >= 15 is 0 Å². The van der Waals surface area contributed by atoms with E-state index in [0.717, 1.165) is 37.9 Å². The number of quaternary nitrogens is 1. The molecule has 1 amide bonds. The highest BCUT2D eigenvalue weighted by atomic mass is 32.2. The summed E-state index contributed by atoms with van der Waals surface area (Å²) in [4.78, 5) is 29.0. The van der Waals surface area contributed by atoms with Crippen molar-refractivity contribution >= 4 is 34.0 Å². The zero-order valence-electron chi connectivity index (χ0n) is 20.4. The minimum atomic E-state index is -3.76. The van der Waals surface area contributed by atoms with E-state index in [4.69, 9.17) is 9.88 Å². The molecule has 2 aliphatic rings. The molecule has 3 N–H and O–H groups in total. The van der Waals surface area contributed by atoms with E-state index < -0.39 is 16.1 Å². The number of rotatable bonds is 7. The molecule has 0 spiro atoms. The summed E-state index contributed by atoms with van der Waals surface area (Å²) < 4.78 is 28.3. The number of piperidine rings is 1. The summed E-state index contributed by atoms with van der Waals surface area (Å²) in [7, 11) is -0.414. The lowest BCUT2D eigenvalue weighted by Gasteiger charge is -2.28. The molecular formula is C24H31N7O4S+. The van der Waals surface area contributed by atoms with Crippen molar-refractivity contribution in [1.82, 2.24) is 19.4 Å². The number of hydrogen-bond acceptors (Lipinski definition) is 9. The molecule has 1 saturated heterocycles. The first kappa shape index (κ1) is 25.7. The van der Waals surface area contributed by atoms with Crippen molar-refractivity contribution < 1.29 is 17.9 Å². The number of benzene rings is 1. The van der Waals surface area contributed by atoms with E-state index in [1.807, 2.05) is 18.6 Å². The molecule has 0 bridgehead atoms. The van der Waals surface area contributed by atoms with Gasteiger partial charge in [0.25, 0.3) is 0 Å². The molecule has 12 heteroatoms. The van der Waals surface area contributed by atoms with Crippen LogP contribution in [0.2, 0.25) is 0 Å². The van der Waals surface area contributed by atoms with Gasteiger partial charge in [0, 0.05) is 19.6 Å². The van der Waals surface area contributed by atoms with Crippen molar-refractivity contribution in [3.63, 3.8) is 0 Å². The Kier molecular flexibility index (Phi) is 7.67. The van der Waals surface area contributed by atoms with Crippen molar-refractivity contribution in [2.75, 3.05) is 37.4 Å². The van der Waals surface area contributed by atoms with Gasteiger partial charge >= 0.3 is 12.0 Å². The van der Waals surface area contributed by atoms with Crippen LogP contribution in [0.4, 0.5) is 22.6 Å². The average Bonchev–Trinajstić information content (AvgIpc) is 2.88. The Hall–Kier alpha value is -3.35. The lowest BCUT2D eigenvalue weighted by atomic mass is 10.1. The Bertz CT molecular complexity index is 1270. The lowest BCUT2D eigenvalue weighted by molar-refractivity contribution is 0.148. The molecule has 2 aromatic rings. The van der Waals surface area contributed by atoms with Crippen molar-refractivity contribution in [2.45, 2.75) is 37.1 Å². The molecule has 0 saturated carbocycles. The zero-order chi connectivity index (χ0) is 25.8. The van der Waals surface area contributed by atoms with Gasteiger partial charge in [-0.3, -0.25) is 0 Å². The van der Waals surface area contributed by atoms with Gasteiger partial charge in [0.1, 0.15) is 5.76 Å². The summed E-state index contributed by atoms with van der Waals surface area (Å²) in [5.74, 6) is 1.54. The van der Waals surface area contributed by atoms with Gasteiger partial charge in [0.15, 0.2) is 0 Å². The highest BCUT2D eigenvalue weighted by molar-refractivity contribution is 7.89. The number of hydrogen-bond donors (Lipinski definition) is 2. The maximum atomic E-state index is 13.1. The molecule has 1 aromatic heterocycles. The third kappa shape index (κ3) is 6.25. The fraction of sp³-hybridized carbons (Fsp3) is 0.375. The topological polar surface area (TPSA) is 140 Å². The molecule has 1 radical (unpaired) electrons. The lowest BCUT2D eigenvalue weighted by Crippen LogP contribution is -2.48. The first-order chi connectivity index (χ1) is 17.1. The average molecular weight is 514 g/mol. The number of nitrogens with one attached hydrogen (secondary N) is 1. The molecule has 11 nitrogen and oxygen atoms in total. The van der Waals surface area contributed by atoms with E-state index in [1.54, 1.807) is 32.3 Å². The molecule has 1 fully saturated rings. The quantitative estimate of drug-likeness (QED) is 0.535. The highest BCUT2D eigenvalue weighted by Crippen LogP contribution is 2.24. The first-order valence-corrected chi connectivity index (χ1v) is 13.3. The van der Waals surface area contributed by atoms with Crippen LogP contribution in [-0.2, 0) is 21.3 Å². The van der Waals surface area contributed by atoms with E-state index in [0.29, 0.717) is 30.6 Å². The number of aromatic nitrogens is 3. The fourth-order valence-corrected chi connectivity index (χ4v) is 4.28. The zero-order valence-corrected chi connectivity index (χ0v) is 21.2. The first-order valence-electron chi connectivity index (χ1n) is 11.8. The number of sulfonamides is 1. The normalized spacial score (nSPS) is 16.4. The molecular weight excluding hydrogens is 482 g/mol. The summed E-state index contributed by atoms with van der Waals surface area (Å²) in [5, 5.41) is 8.35. The minimum Gasteiger partial charge on any atom is -0.381 e. The van der Waals surface area contributed by atoms with Crippen LogP contribution >= 0.6 is 0 Å². The molecule has 36 heavy (non-hydrogen) atoms. The van der Waals surface area contributed by atoms with Crippen molar-refractivity contribution in [3.8, 4) is 0 Å². The molecule has 1 aromatic carbocycles. The molecule has 0 unspecified atom stereocenters. The van der Waals surface area contributed by atoms with E-state index in [1.165, 1.54) is 12.1 Å². The van der Waals surface area contributed by atoms with Crippen LogP contribution in [0.3, 0.4) is 0 Å². The van der Waals surface area contributed by atoms with Gasteiger partial charge < -0.3 is 15.0 Å². The van der Waals surface area contributed by atoms with E-state index in [9.17, 15) is 13.2 Å². The Morgan fingerprint density at radius 3 is 2.47 bits per heavy atom. The smallest absolute Gasteiger partial charge is 0.381 e. The van der Waals surface area contributed by atoms with Crippen molar-refractivity contribution in [3.05, 3.63) is 60.2 Å². The van der Waals surface area contributed by atoms with Crippen LogP contribution in [0.25, 0.3) is 0 Å². The number of ether oxygens (including phenoxy) is 1. The van der Waals surface area contributed by atoms with Crippen LogP contribution in [-0.4, -0.2) is 56.6 Å². The second-order valence-electron chi connectivity index (χ2n) is 9.11. The number of nitrogens with two attached hydrogens (primary N) is 1. The predicted octanol–water partition coefficient (Wildman–Crippen LogP) is 2.87. The number of carbonyl (C=O) groups is 1. The van der Waals surface area contributed by atoms with Crippen LogP contribution in [0.1, 0.15) is 31.2 Å². The maximum absolute atomic E-state index is 13.1. The number of anilines is 2. The van der Waals surface area contributed by atoms with Crippen LogP contribution < -0.4 is 19.8 Å². The van der Waals surface area contributed by atoms with Gasteiger partial charge in [-0.1, -0.05) is 18.2 Å². The summed E-state index contributed by atoms with van der Waals surface area (Å²) in [6.45, 7) is 1.98. The molecule has 4 rings (SSSR count). The monoisotopic (exact) mass is 513 g/mol. The van der Waals surface area contributed by atoms with Gasteiger partial charge in [0.05, 0.1) is 19.0 Å². The summed E-state index contributed by atoms with van der Waals surface area (Å²) in [6.07, 6.45) is 10.8. The minimum absolute atomic E-state index is 0.0412. The number of amides is 1. The Balaban J connectivity index is 1.58. The standard InChI is InChI=1S/C24H31N7O4S/c1-31(2,24(32)35-19-9-5-3-6-10-19)23-28-21(27-22(29-23)30-15-7-4-8-16-30)26-17-18-11-13-20(14-12-18)36(25,33)34/h3,5,9-14H,4,6-8,15-17H2,1-2H3,(H2,25,33,34)(H,26,27,28,29)/q+1. The van der Waals surface area contributed by atoms with E-state index in [2.05, 4.69) is 25.2 Å². The van der Waals surface area contributed by atoms with Crippen molar-refractivity contribution in [1.29, 1.82) is 0 Å². The summed E-state index contributed by atoms with van der Waals surface area (Å²) in [6, 6.07) is 6.24. The number of carbonyl (C=O) groups excluding carboxylic acids is 1. The van der Waals surface area contributed by atoms with Crippen LogP contribution in [0.5, 0.6) is 0 Å². The Labute approximate surface area is 211 Å². The second kappa shape index (κ2) is 10.7. The molecule has 1 aliphatic heterocycles. The SMILES string of the molecule is C[N+](C)(C(=O)OC1=CC[CH]C=C1)c1nc(NCc2ccc(S(N)(=O)=O)cc2)nc(N2CCCCC2)n1. The van der Waals surface area contributed by atoms with E-state index in [-0.39, 0.29) is 15.3 Å². The molecule has 191 valence electrons. The van der Waals surface area contributed by atoms with Gasteiger partial charge in [-0.05, 0) is 62.0 Å². The third-order valence-corrected chi connectivity index (χ3v) is 6.90. The van der Waals surface area contributed by atoms with Crippen molar-refractivity contribution in [2.24, 2.45) is 5.14 Å². The van der Waals surface area contributed by atoms with Gasteiger partial charge in [-0.15, -0.1) is 9.97 Å². The Morgan fingerprint density at radius 1 is 1.11 bits per heavy atom. The van der Waals surface area contributed by atoms with Gasteiger partial charge in [-0.2, -0.15) is 14.3 Å². The molecule has 1 aliphatic carbocycles. The number of allylic oxidation sites excluding steroid dienone is 3.